The smallest absolute Gasteiger partial charge is 0.479 e. The van der Waals surface area contributed by atoms with Crippen LogP contribution in [0, 0.1) is 0 Å². The molecule has 25 heavy (non-hydrogen) atoms. The summed E-state index contributed by atoms with van der Waals surface area (Å²) in [4.78, 5) is 27.5. The maximum atomic E-state index is 12.0. The molecule has 3 rings (SSSR count). The first-order valence-electron chi connectivity index (χ1n) is 6.53. The Hall–Kier alpha value is 0.573. The van der Waals surface area contributed by atoms with E-state index in [0.717, 1.165) is 0 Å². The van der Waals surface area contributed by atoms with E-state index < -0.39 is 17.9 Å². The minimum atomic E-state index is -1.50. The number of carbonyl (C=O) groups excluding carboxylic acids is 1. The van der Waals surface area contributed by atoms with Gasteiger partial charge < -0.3 is 15.9 Å². The van der Waals surface area contributed by atoms with Crippen molar-refractivity contribution in [2.45, 2.75) is 6.04 Å². The van der Waals surface area contributed by atoms with Gasteiger partial charge in [0.25, 0.3) is 5.91 Å². The van der Waals surface area contributed by atoms with Crippen molar-refractivity contribution >= 4 is 34.9 Å². The summed E-state index contributed by atoms with van der Waals surface area (Å²) in [5.74, 6) is -1.98. The quantitative estimate of drug-likeness (QED) is 0.386. The van der Waals surface area contributed by atoms with Crippen molar-refractivity contribution in [2.24, 2.45) is 4.99 Å². The predicted molar refractivity (Wildman–Crippen MR) is 87.2 cm³/mol. The molecule has 0 saturated carbocycles. The third-order valence-corrected chi connectivity index (χ3v) is 3.52. The van der Waals surface area contributed by atoms with Crippen molar-refractivity contribution in [1.29, 1.82) is 0 Å². The molecule has 1 unspecified atom stereocenters. The van der Waals surface area contributed by atoms with E-state index in [1.54, 1.807) is 30.3 Å². The van der Waals surface area contributed by atoms with Gasteiger partial charge in [0.2, 0.25) is 6.04 Å². The Morgan fingerprint density at radius 3 is 2.36 bits per heavy atom. The third kappa shape index (κ3) is 6.03. The van der Waals surface area contributed by atoms with E-state index in [2.05, 4.69) is 10.3 Å². The van der Waals surface area contributed by atoms with E-state index >= 15 is 0 Å². The second-order valence-electron chi connectivity index (χ2n) is 4.76. The Labute approximate surface area is 234 Å². The molecule has 0 aromatic heterocycles. The largest absolute Gasteiger partial charge is 1.00 e. The number of carboxylic acids is 1. The molecule has 0 radical (unpaired) electrons. The average Bonchev–Trinajstić information content (AvgIpc) is 2.64. The zero-order valence-electron chi connectivity index (χ0n) is 13.8. The Balaban J connectivity index is 0.00000192. The van der Waals surface area contributed by atoms with Crippen LogP contribution in [0.15, 0.2) is 53.5 Å². The third-order valence-electron chi connectivity index (χ3n) is 3.28. The van der Waals surface area contributed by atoms with Crippen molar-refractivity contribution in [3.05, 3.63) is 64.7 Å². The van der Waals surface area contributed by atoms with Gasteiger partial charge in [0.15, 0.2) is 0 Å². The number of carboxylic acid groups (broad SMARTS) is 1. The van der Waals surface area contributed by atoms with Crippen molar-refractivity contribution in [1.82, 2.24) is 0 Å². The number of nitrogens with zero attached hydrogens (tertiary/aromatic N) is 1. The summed E-state index contributed by atoms with van der Waals surface area (Å²) < 4.78 is 0. The number of nitrogens with one attached hydrogen (secondary N) is 1. The Morgan fingerprint density at radius 1 is 1.12 bits per heavy atom. The Kier molecular flexibility index (Phi) is 11.7. The molecular weight excluding hydrogens is 398 g/mol. The molecule has 9 heteroatoms. The number of aliphatic imine (C=N–C) groups is 1. The second-order valence-corrected chi connectivity index (χ2v) is 5.20. The number of amides is 1. The molecule has 118 valence electrons. The van der Waals surface area contributed by atoms with Gasteiger partial charge in [-0.05, 0) is 18.2 Å². The monoisotopic (exact) mass is 410 g/mol. The van der Waals surface area contributed by atoms with Crippen LogP contribution in [0.2, 0.25) is 5.02 Å². The molecule has 0 bridgehead atoms. The summed E-state index contributed by atoms with van der Waals surface area (Å²) in [7, 11) is 0. The summed E-state index contributed by atoms with van der Waals surface area (Å²) >= 11 is 6.03. The number of aliphatic carboxylic acids is 1. The van der Waals surface area contributed by atoms with Gasteiger partial charge in [-0.25, -0.2) is 4.79 Å². The standard InChI is InChI=1S/C16H11ClN2O3.2K.H2O/c17-10-6-7-12-11(8-10)13(9-4-2-1-3-5-9)19-14(16(21)22)15(20)18-12;;;/h1-8,14H,(H,18,20)(H,21,22);;;1H2/q;2*+1;. The molecule has 1 heterocycles. The molecular formula is C16H13ClK2N2O4+2. The SMILES string of the molecule is O.O=C(O)C1N=C(c2ccccc2)c2cc(Cl)ccc2NC1=O.[K+].[K+]. The normalized spacial score (nSPS) is 15.0. The summed E-state index contributed by atoms with van der Waals surface area (Å²) in [6.45, 7) is 0. The summed E-state index contributed by atoms with van der Waals surface area (Å²) in [6, 6.07) is 12.5. The molecule has 0 saturated heterocycles. The van der Waals surface area contributed by atoms with Crippen LogP contribution in [0.4, 0.5) is 5.69 Å². The van der Waals surface area contributed by atoms with E-state index in [-0.39, 0.29) is 108 Å². The van der Waals surface area contributed by atoms with Crippen LogP contribution in [0.3, 0.4) is 0 Å². The van der Waals surface area contributed by atoms with Crippen LogP contribution in [0.25, 0.3) is 0 Å². The number of fused-ring (bicyclic) bond motifs is 1. The van der Waals surface area contributed by atoms with Gasteiger partial charge in [-0.15, -0.1) is 0 Å². The molecule has 0 fully saturated rings. The summed E-state index contributed by atoms with van der Waals surface area (Å²) in [6.07, 6.45) is 0. The fourth-order valence-corrected chi connectivity index (χ4v) is 2.45. The molecule has 2 aromatic rings. The van der Waals surface area contributed by atoms with Crippen molar-refractivity contribution in [3.8, 4) is 0 Å². The van der Waals surface area contributed by atoms with E-state index in [1.807, 2.05) is 18.2 Å². The van der Waals surface area contributed by atoms with Gasteiger partial charge in [-0.1, -0.05) is 41.9 Å². The van der Waals surface area contributed by atoms with E-state index in [0.29, 0.717) is 27.5 Å². The van der Waals surface area contributed by atoms with E-state index in [4.69, 9.17) is 11.6 Å². The fourth-order valence-electron chi connectivity index (χ4n) is 2.27. The van der Waals surface area contributed by atoms with Gasteiger partial charge in [0, 0.05) is 16.1 Å². The van der Waals surface area contributed by atoms with Crippen molar-refractivity contribution < 1.29 is 123 Å². The molecule has 1 atom stereocenters. The van der Waals surface area contributed by atoms with Crippen LogP contribution in [-0.2, 0) is 9.59 Å². The average molecular weight is 411 g/mol. The van der Waals surface area contributed by atoms with Crippen LogP contribution < -0.4 is 108 Å². The zero-order valence-corrected chi connectivity index (χ0v) is 20.8. The molecule has 1 amide bonds. The molecule has 1 aliphatic rings. The zero-order chi connectivity index (χ0) is 15.7. The van der Waals surface area contributed by atoms with Gasteiger partial charge >= 0.3 is 109 Å². The first-order chi connectivity index (χ1) is 10.6. The van der Waals surface area contributed by atoms with Crippen LogP contribution in [0.5, 0.6) is 0 Å². The number of anilines is 1. The fraction of sp³-hybridized carbons (Fsp3) is 0.0625. The number of benzene rings is 2. The van der Waals surface area contributed by atoms with Gasteiger partial charge in [-0.2, -0.15) is 0 Å². The van der Waals surface area contributed by atoms with Crippen LogP contribution in [-0.4, -0.2) is 34.2 Å². The number of halogens is 1. The van der Waals surface area contributed by atoms with Gasteiger partial charge in [0.1, 0.15) is 0 Å². The van der Waals surface area contributed by atoms with Gasteiger partial charge in [0.05, 0.1) is 11.4 Å². The van der Waals surface area contributed by atoms with E-state index in [1.165, 1.54) is 0 Å². The predicted octanol–water partition coefficient (Wildman–Crippen LogP) is -4.23. The molecule has 4 N–H and O–H groups in total. The molecule has 1 aliphatic heterocycles. The minimum Gasteiger partial charge on any atom is -0.479 e. The molecule has 6 nitrogen and oxygen atoms in total. The molecule has 0 spiro atoms. The van der Waals surface area contributed by atoms with Gasteiger partial charge in [-0.3, -0.25) is 9.79 Å². The molecule has 2 aromatic carbocycles. The second kappa shape index (κ2) is 11.4. The Bertz CT molecular complexity index is 800. The van der Waals surface area contributed by atoms with Crippen LogP contribution in [0.1, 0.15) is 11.1 Å². The summed E-state index contributed by atoms with van der Waals surface area (Å²) in [5.41, 5.74) is 2.22. The summed E-state index contributed by atoms with van der Waals surface area (Å²) in [5, 5.41) is 12.3. The maximum Gasteiger partial charge on any atom is 1.00 e. The minimum absolute atomic E-state index is 0. The first kappa shape index (κ1) is 25.6. The number of carbonyl (C=O) groups is 2. The number of benzodiazepines with no additional fused rings is 1. The van der Waals surface area contributed by atoms with E-state index in [9.17, 15) is 14.7 Å². The van der Waals surface area contributed by atoms with Crippen molar-refractivity contribution in [2.75, 3.05) is 5.32 Å². The number of rotatable bonds is 2. The number of hydrogen-bond acceptors (Lipinski definition) is 3. The topological polar surface area (TPSA) is 110 Å². The van der Waals surface area contributed by atoms with Crippen molar-refractivity contribution in [3.63, 3.8) is 0 Å². The number of hydrogen-bond donors (Lipinski definition) is 2. The maximum absolute atomic E-state index is 12.0. The first-order valence-corrected chi connectivity index (χ1v) is 6.91. The Morgan fingerprint density at radius 2 is 1.76 bits per heavy atom. The van der Waals surface area contributed by atoms with Crippen LogP contribution >= 0.6 is 11.6 Å². The molecule has 0 aliphatic carbocycles.